The maximum absolute atomic E-state index is 13.4. The fourth-order valence-electron chi connectivity index (χ4n) is 3.46. The van der Waals surface area contributed by atoms with Gasteiger partial charge in [0.25, 0.3) is 0 Å². The number of phenolic OH excluding ortho intramolecular Hbond substituents is 1. The maximum atomic E-state index is 13.4. The molecule has 0 aromatic heterocycles. The van der Waals surface area contributed by atoms with Crippen LogP contribution < -0.4 is 44.1 Å². The summed E-state index contributed by atoms with van der Waals surface area (Å²) in [6.07, 6.45) is -3.21. The Labute approximate surface area is 361 Å². The van der Waals surface area contributed by atoms with Gasteiger partial charge in [-0.15, -0.1) is 0 Å². The molecule has 0 saturated carbocycles. The normalized spacial score (nSPS) is 12.3. The zero-order valence-electron chi connectivity index (χ0n) is 31.6. The van der Waals surface area contributed by atoms with Crippen molar-refractivity contribution in [2.75, 3.05) is 0 Å². The van der Waals surface area contributed by atoms with Gasteiger partial charge in [-0.25, -0.2) is 22.8 Å². The van der Waals surface area contributed by atoms with E-state index in [9.17, 15) is 37.8 Å². The molecule has 0 saturated heterocycles. The molecule has 3 aromatic rings. The molecule has 0 aliphatic heterocycles. The predicted octanol–water partition coefficient (Wildman–Crippen LogP) is 5.46. The van der Waals surface area contributed by atoms with Crippen LogP contribution in [0.2, 0.25) is 0 Å². The SMILES string of the molecule is CC(C)[C@@H](O)C(=O)OC(C)(C)C.CC(C)[C@H](Oc1ccc(Br)cc1F)C(=O)O.CC(C)[C@H](Oc1ccc(Br)cc1F)C(=O)[O-].Oc1ccc(Br)cc1F.[Na+]. The van der Waals surface area contributed by atoms with Gasteiger partial charge >= 0.3 is 41.5 Å². The molecule has 0 spiro atoms. The summed E-state index contributed by atoms with van der Waals surface area (Å²) < 4.78 is 56.0. The molecule has 0 amide bonds. The number of aliphatic hydroxyl groups is 1. The second-order valence-electron chi connectivity index (χ2n) is 13.2. The third kappa shape index (κ3) is 21.7. The Morgan fingerprint density at radius 2 is 1.06 bits per heavy atom. The molecule has 17 heteroatoms. The molecule has 0 heterocycles. The van der Waals surface area contributed by atoms with Gasteiger partial charge in [-0.2, -0.15) is 0 Å². The number of carbonyl (C=O) groups excluding carboxylic acids is 2. The van der Waals surface area contributed by atoms with E-state index < -0.39 is 59.3 Å². The van der Waals surface area contributed by atoms with Gasteiger partial charge in [-0.05, 0) is 87.2 Å². The number of halogens is 6. The number of carboxylic acid groups (broad SMARTS) is 2. The van der Waals surface area contributed by atoms with Crippen molar-refractivity contribution < 1.29 is 91.7 Å². The van der Waals surface area contributed by atoms with Crippen LogP contribution in [-0.4, -0.2) is 57.1 Å². The Hall–Kier alpha value is -2.34. The number of hydrogen-bond donors (Lipinski definition) is 3. The van der Waals surface area contributed by atoms with Crippen LogP contribution in [0.15, 0.2) is 68.0 Å². The van der Waals surface area contributed by atoms with E-state index in [1.54, 1.807) is 80.5 Å². The number of hydrogen-bond acceptors (Lipinski definition) is 9. The van der Waals surface area contributed by atoms with Crippen LogP contribution in [0.25, 0.3) is 0 Å². The van der Waals surface area contributed by atoms with E-state index in [0.717, 1.165) is 0 Å². The van der Waals surface area contributed by atoms with Crippen molar-refractivity contribution >= 4 is 65.7 Å². The average Bonchev–Trinajstić information content (AvgIpc) is 3.01. The quantitative estimate of drug-likeness (QED) is 0.176. The number of carbonyl (C=O) groups is 3. The molecule has 54 heavy (non-hydrogen) atoms. The number of phenols is 1. The number of aromatic hydroxyl groups is 1. The fraction of sp³-hybridized carbons (Fsp3) is 0.432. The minimum Gasteiger partial charge on any atom is -0.546 e. The third-order valence-electron chi connectivity index (χ3n) is 6.17. The van der Waals surface area contributed by atoms with E-state index in [1.165, 1.54) is 36.4 Å². The number of ether oxygens (including phenoxy) is 3. The molecule has 0 aliphatic carbocycles. The van der Waals surface area contributed by atoms with Crippen LogP contribution in [0.3, 0.4) is 0 Å². The van der Waals surface area contributed by atoms with E-state index in [2.05, 4.69) is 47.8 Å². The first-order valence-corrected chi connectivity index (χ1v) is 18.4. The second-order valence-corrected chi connectivity index (χ2v) is 15.9. The van der Waals surface area contributed by atoms with E-state index in [0.29, 0.717) is 13.4 Å². The Morgan fingerprint density at radius 1 is 0.685 bits per heavy atom. The van der Waals surface area contributed by atoms with E-state index in [1.807, 2.05) is 0 Å². The van der Waals surface area contributed by atoms with Gasteiger partial charge in [0.2, 0.25) is 0 Å². The van der Waals surface area contributed by atoms with Crippen LogP contribution in [0.1, 0.15) is 62.3 Å². The van der Waals surface area contributed by atoms with Gasteiger partial charge in [0.1, 0.15) is 11.7 Å². The van der Waals surface area contributed by atoms with E-state index in [-0.39, 0.29) is 64.6 Å². The number of esters is 1. The van der Waals surface area contributed by atoms with Gasteiger partial charge < -0.3 is 39.4 Å². The van der Waals surface area contributed by atoms with Crippen LogP contribution in [0, 0.1) is 35.2 Å². The molecule has 0 bridgehead atoms. The molecule has 0 aliphatic rings. The summed E-state index contributed by atoms with van der Waals surface area (Å²) in [5, 5.41) is 37.6. The largest absolute Gasteiger partial charge is 1.00 e. The number of carboxylic acids is 2. The van der Waals surface area contributed by atoms with Crippen LogP contribution in [-0.2, 0) is 19.1 Å². The van der Waals surface area contributed by atoms with E-state index >= 15 is 0 Å². The summed E-state index contributed by atoms with van der Waals surface area (Å²) in [5.41, 5.74) is -0.521. The average molecular weight is 969 g/mol. The molecule has 3 aromatic carbocycles. The summed E-state index contributed by atoms with van der Waals surface area (Å²) in [4.78, 5) is 32.8. The van der Waals surface area contributed by atoms with Crippen LogP contribution in [0.4, 0.5) is 13.2 Å². The van der Waals surface area contributed by atoms with Crippen molar-refractivity contribution in [3.05, 3.63) is 85.5 Å². The van der Waals surface area contributed by atoms with Crippen molar-refractivity contribution in [2.24, 2.45) is 17.8 Å². The summed E-state index contributed by atoms with van der Waals surface area (Å²) >= 11 is 9.25. The molecule has 0 radical (unpaired) electrons. The van der Waals surface area contributed by atoms with Gasteiger partial charge in [0.15, 0.2) is 46.9 Å². The molecule has 0 fully saturated rings. The molecule has 0 unspecified atom stereocenters. The first-order chi connectivity index (χ1) is 24.3. The first kappa shape index (κ1) is 53.8. The summed E-state index contributed by atoms with van der Waals surface area (Å²) in [7, 11) is 0. The van der Waals surface area contributed by atoms with Gasteiger partial charge in [0, 0.05) is 19.3 Å². The Bertz CT molecular complexity index is 1560. The topological polar surface area (TPSA) is 163 Å². The maximum Gasteiger partial charge on any atom is 1.00 e. The molecule has 10 nitrogen and oxygen atoms in total. The Balaban J connectivity index is 0. The van der Waals surface area contributed by atoms with Crippen molar-refractivity contribution in [1.29, 1.82) is 0 Å². The summed E-state index contributed by atoms with van der Waals surface area (Å²) in [5.74, 6) is -5.89. The van der Waals surface area contributed by atoms with Crippen LogP contribution in [0.5, 0.6) is 17.2 Å². The predicted molar refractivity (Wildman–Crippen MR) is 202 cm³/mol. The van der Waals surface area contributed by atoms with E-state index in [4.69, 9.17) is 24.4 Å². The molecule has 3 atom stereocenters. The summed E-state index contributed by atoms with van der Waals surface area (Å²) in [6.45, 7) is 15.6. The minimum absolute atomic E-state index is 0. The summed E-state index contributed by atoms with van der Waals surface area (Å²) in [6, 6.07) is 12.4. The number of rotatable bonds is 10. The second kappa shape index (κ2) is 25.7. The number of benzene rings is 3. The van der Waals surface area contributed by atoms with Gasteiger partial charge in [0.05, 0.1) is 5.97 Å². The zero-order chi connectivity index (χ0) is 41.4. The first-order valence-electron chi connectivity index (χ1n) is 16.0. The van der Waals surface area contributed by atoms with Crippen LogP contribution >= 0.6 is 47.8 Å². The zero-order valence-corrected chi connectivity index (χ0v) is 38.4. The molecular formula is C37H45Br3F3NaO10. The Kier molecular flexibility index (Phi) is 25.6. The molecular weight excluding hydrogens is 924 g/mol. The fourth-order valence-corrected chi connectivity index (χ4v) is 4.46. The van der Waals surface area contributed by atoms with Crippen molar-refractivity contribution in [1.82, 2.24) is 0 Å². The van der Waals surface area contributed by atoms with Gasteiger partial charge in [-0.3, -0.25) is 0 Å². The number of aliphatic carboxylic acids is 2. The minimum atomic E-state index is -1.35. The van der Waals surface area contributed by atoms with Crippen molar-refractivity contribution in [3.63, 3.8) is 0 Å². The van der Waals surface area contributed by atoms with Crippen molar-refractivity contribution in [3.8, 4) is 17.2 Å². The van der Waals surface area contributed by atoms with Gasteiger partial charge in [-0.1, -0.05) is 89.3 Å². The molecule has 3 N–H and O–H groups in total. The molecule has 296 valence electrons. The van der Waals surface area contributed by atoms with Crippen molar-refractivity contribution in [2.45, 2.75) is 86.2 Å². The smallest absolute Gasteiger partial charge is 0.546 e. The third-order valence-corrected chi connectivity index (χ3v) is 7.65. The monoisotopic (exact) mass is 966 g/mol. The Morgan fingerprint density at radius 3 is 1.33 bits per heavy atom. The number of aliphatic hydroxyl groups excluding tert-OH is 1. The standard InChI is InChI=1S/2C11H12BrFO3.C9H18O3.C6H4BrFO.Na/c2*1-6(2)10(11(14)15)16-9-4-3-7(12)5-8(9)13;1-6(2)7(10)8(11)12-9(3,4)5;7-4-1-2-6(9)5(8)3-4;/h2*3-6,10H,1-2H3,(H,14,15);6-7,10H,1-5H3;1-3,9H;/q;;;;+1/p-1/t2*10-;7-;;/m001../s1. The molecule has 3 rings (SSSR count).